The molecule has 0 saturated heterocycles. The number of hydrogen-bond donors (Lipinski definition) is 2. The number of esters is 1. The minimum absolute atomic E-state index is 0.191. The minimum atomic E-state index is -1.28. The molecular formula is C28H23FN2O3. The van der Waals surface area contributed by atoms with Gasteiger partial charge in [0.05, 0.1) is 6.61 Å². The van der Waals surface area contributed by atoms with E-state index in [0.29, 0.717) is 17.7 Å². The van der Waals surface area contributed by atoms with Crippen molar-refractivity contribution in [2.45, 2.75) is 30.6 Å². The van der Waals surface area contributed by atoms with E-state index in [9.17, 15) is 14.0 Å². The lowest BCUT2D eigenvalue weighted by Gasteiger charge is -2.45. The van der Waals surface area contributed by atoms with Crippen molar-refractivity contribution in [3.05, 3.63) is 101 Å². The Hall–Kier alpha value is -3.93. The molecule has 0 unspecified atom stereocenters. The lowest BCUT2D eigenvalue weighted by atomic mass is 9.54. The average Bonchev–Trinajstić information content (AvgIpc) is 3.34. The number of hydrogen-bond acceptors (Lipinski definition) is 3. The molecule has 2 aliphatic rings. The smallest absolute Gasteiger partial charge is 0.314 e. The summed E-state index contributed by atoms with van der Waals surface area (Å²) in [6, 6.07) is 21.9. The molecule has 34 heavy (non-hydrogen) atoms. The van der Waals surface area contributed by atoms with E-state index in [1.54, 1.807) is 13.0 Å². The molecule has 6 rings (SSSR count). The lowest BCUT2D eigenvalue weighted by Crippen LogP contribution is -2.52. The summed E-state index contributed by atoms with van der Waals surface area (Å²) in [5.74, 6) is -2.47. The maximum absolute atomic E-state index is 14.2. The van der Waals surface area contributed by atoms with Gasteiger partial charge in [-0.3, -0.25) is 9.59 Å². The summed E-state index contributed by atoms with van der Waals surface area (Å²) >= 11 is 0. The number of H-pyrrole nitrogens is 1. The third-order valence-electron chi connectivity index (χ3n) is 7.31. The molecule has 4 aromatic rings. The molecule has 1 spiro atoms. The van der Waals surface area contributed by atoms with E-state index in [2.05, 4.69) is 10.3 Å². The van der Waals surface area contributed by atoms with Crippen molar-refractivity contribution >= 4 is 28.5 Å². The Morgan fingerprint density at radius 1 is 1.09 bits per heavy atom. The van der Waals surface area contributed by atoms with Gasteiger partial charge in [-0.1, -0.05) is 54.6 Å². The number of carbonyl (C=O) groups excluding carboxylic acids is 2. The van der Waals surface area contributed by atoms with E-state index in [-0.39, 0.29) is 18.4 Å². The summed E-state index contributed by atoms with van der Waals surface area (Å²) in [5, 5.41) is 3.79. The zero-order chi connectivity index (χ0) is 23.4. The number of anilines is 1. The molecule has 1 aliphatic heterocycles. The molecule has 3 atom stereocenters. The first-order valence-corrected chi connectivity index (χ1v) is 11.5. The van der Waals surface area contributed by atoms with Gasteiger partial charge in [-0.25, -0.2) is 4.39 Å². The normalized spacial score (nSPS) is 22.9. The van der Waals surface area contributed by atoms with Crippen LogP contribution in [0.4, 0.5) is 10.1 Å². The van der Waals surface area contributed by atoms with Crippen molar-refractivity contribution in [3.63, 3.8) is 0 Å². The summed E-state index contributed by atoms with van der Waals surface area (Å²) in [5.41, 5.74) is 3.30. The maximum atomic E-state index is 14.2. The first kappa shape index (κ1) is 20.7. The van der Waals surface area contributed by atoms with Gasteiger partial charge >= 0.3 is 5.97 Å². The van der Waals surface area contributed by atoms with Crippen molar-refractivity contribution in [1.29, 1.82) is 0 Å². The molecule has 1 amide bonds. The van der Waals surface area contributed by atoms with Gasteiger partial charge in [-0.2, -0.15) is 0 Å². The molecule has 1 aliphatic carbocycles. The van der Waals surface area contributed by atoms with E-state index >= 15 is 0 Å². The SMILES string of the molecule is CCOC(=O)[C@H]1c2c([nH]c3ccccc23)C[C@H](c2ccccc2)[C@]12C(=O)Nc1cc(F)ccc12. The van der Waals surface area contributed by atoms with Crippen LogP contribution in [0.15, 0.2) is 72.8 Å². The Kier molecular flexibility index (Phi) is 4.59. The predicted octanol–water partition coefficient (Wildman–Crippen LogP) is 5.18. The number of nitrogens with one attached hydrogen (secondary N) is 2. The highest BCUT2D eigenvalue weighted by Gasteiger charge is 2.63. The van der Waals surface area contributed by atoms with Gasteiger partial charge in [0.15, 0.2) is 0 Å². The Bertz CT molecular complexity index is 1440. The van der Waals surface area contributed by atoms with Gasteiger partial charge in [0.25, 0.3) is 0 Å². The van der Waals surface area contributed by atoms with E-state index in [1.807, 2.05) is 54.6 Å². The third kappa shape index (κ3) is 2.71. The minimum Gasteiger partial charge on any atom is -0.465 e. The first-order chi connectivity index (χ1) is 16.6. The van der Waals surface area contributed by atoms with Gasteiger partial charge in [0.2, 0.25) is 5.91 Å². The van der Waals surface area contributed by atoms with Crippen LogP contribution < -0.4 is 5.32 Å². The van der Waals surface area contributed by atoms with E-state index < -0.39 is 23.1 Å². The van der Waals surface area contributed by atoms with Crippen LogP contribution >= 0.6 is 0 Å². The summed E-state index contributed by atoms with van der Waals surface area (Å²) in [6.45, 7) is 1.95. The average molecular weight is 455 g/mol. The Morgan fingerprint density at radius 2 is 1.85 bits per heavy atom. The van der Waals surface area contributed by atoms with Crippen molar-refractivity contribution in [1.82, 2.24) is 4.98 Å². The lowest BCUT2D eigenvalue weighted by molar-refractivity contribution is -0.150. The number of aromatic nitrogens is 1. The molecule has 0 bridgehead atoms. The molecule has 1 aromatic heterocycles. The molecule has 0 radical (unpaired) electrons. The number of benzene rings is 3. The first-order valence-electron chi connectivity index (χ1n) is 11.5. The Labute approximate surface area is 195 Å². The van der Waals surface area contributed by atoms with E-state index in [0.717, 1.165) is 27.7 Å². The third-order valence-corrected chi connectivity index (χ3v) is 7.31. The second-order valence-corrected chi connectivity index (χ2v) is 8.93. The summed E-state index contributed by atoms with van der Waals surface area (Å²) in [6.07, 6.45) is 0.522. The van der Waals surface area contributed by atoms with Gasteiger partial charge in [-0.05, 0) is 48.2 Å². The van der Waals surface area contributed by atoms with Crippen molar-refractivity contribution in [2.75, 3.05) is 11.9 Å². The van der Waals surface area contributed by atoms with Crippen LogP contribution in [0.2, 0.25) is 0 Å². The highest BCUT2D eigenvalue weighted by molar-refractivity contribution is 6.12. The number of amides is 1. The fourth-order valence-corrected chi connectivity index (χ4v) is 6.06. The van der Waals surface area contributed by atoms with Crippen molar-refractivity contribution < 1.29 is 18.7 Å². The molecule has 2 heterocycles. The van der Waals surface area contributed by atoms with Crippen LogP contribution in [-0.4, -0.2) is 23.5 Å². The number of fused-ring (bicyclic) bond motifs is 5. The Balaban J connectivity index is 1.73. The van der Waals surface area contributed by atoms with Crippen molar-refractivity contribution in [2.24, 2.45) is 0 Å². The summed E-state index contributed by atoms with van der Waals surface area (Å²) < 4.78 is 19.8. The number of ether oxygens (including phenoxy) is 1. The highest BCUT2D eigenvalue weighted by Crippen LogP contribution is 2.60. The molecule has 2 N–H and O–H groups in total. The van der Waals surface area contributed by atoms with Crippen LogP contribution in [0, 0.1) is 5.82 Å². The maximum Gasteiger partial charge on any atom is 0.314 e. The van der Waals surface area contributed by atoms with Crippen LogP contribution in [0.5, 0.6) is 0 Å². The molecule has 5 nitrogen and oxygen atoms in total. The van der Waals surface area contributed by atoms with E-state index in [1.165, 1.54) is 12.1 Å². The number of aromatic amines is 1. The molecular weight excluding hydrogens is 431 g/mol. The van der Waals surface area contributed by atoms with Crippen LogP contribution in [0.3, 0.4) is 0 Å². The summed E-state index contributed by atoms with van der Waals surface area (Å²) in [4.78, 5) is 31.3. The van der Waals surface area contributed by atoms with Gasteiger partial charge < -0.3 is 15.0 Å². The van der Waals surface area contributed by atoms with Crippen LogP contribution in [-0.2, 0) is 26.2 Å². The quantitative estimate of drug-likeness (QED) is 0.419. The predicted molar refractivity (Wildman–Crippen MR) is 127 cm³/mol. The molecule has 0 saturated carbocycles. The molecule has 6 heteroatoms. The second kappa shape index (κ2) is 7.55. The Morgan fingerprint density at radius 3 is 2.65 bits per heavy atom. The van der Waals surface area contributed by atoms with Crippen LogP contribution in [0.1, 0.15) is 41.1 Å². The fraction of sp³-hybridized carbons (Fsp3) is 0.214. The zero-order valence-electron chi connectivity index (χ0n) is 18.6. The fourth-order valence-electron chi connectivity index (χ4n) is 6.06. The van der Waals surface area contributed by atoms with Gasteiger partial charge in [0, 0.05) is 28.2 Å². The van der Waals surface area contributed by atoms with E-state index in [4.69, 9.17) is 4.74 Å². The van der Waals surface area contributed by atoms with Crippen molar-refractivity contribution in [3.8, 4) is 0 Å². The largest absolute Gasteiger partial charge is 0.465 e. The molecule has 3 aromatic carbocycles. The highest BCUT2D eigenvalue weighted by atomic mass is 19.1. The van der Waals surface area contributed by atoms with Gasteiger partial charge in [0.1, 0.15) is 17.2 Å². The molecule has 0 fully saturated rings. The topological polar surface area (TPSA) is 71.2 Å². The zero-order valence-corrected chi connectivity index (χ0v) is 18.6. The van der Waals surface area contributed by atoms with Crippen LogP contribution in [0.25, 0.3) is 10.9 Å². The number of carbonyl (C=O) groups is 2. The number of halogens is 1. The van der Waals surface area contributed by atoms with Gasteiger partial charge in [-0.15, -0.1) is 0 Å². The summed E-state index contributed by atoms with van der Waals surface area (Å²) in [7, 11) is 0. The number of rotatable bonds is 3. The monoisotopic (exact) mass is 454 g/mol. The molecule has 170 valence electrons. The number of para-hydroxylation sites is 1. The standard InChI is InChI=1S/C28H23FN2O3/c1-2-34-26(32)25-24-18-10-6-7-11-21(18)30-23(24)15-20(16-8-4-3-5-9-16)28(25)19-13-12-17(29)14-22(19)31-27(28)33/h3-14,20,25,30H,2,15H2,1H3,(H,31,33)/t20-,25-,28+/m1/s1. The second-order valence-electron chi connectivity index (χ2n) is 8.93.